The van der Waals surface area contributed by atoms with E-state index in [0.29, 0.717) is 12.8 Å². The lowest BCUT2D eigenvalue weighted by atomic mass is 9.99. The van der Waals surface area contributed by atoms with E-state index in [1.165, 1.54) is 5.01 Å². The van der Waals surface area contributed by atoms with E-state index in [1.54, 1.807) is 29.6 Å². The maximum Gasteiger partial charge on any atom is 0.325 e. The minimum Gasteiger partial charge on any atom is -0.323 e. The summed E-state index contributed by atoms with van der Waals surface area (Å²) in [6.07, 6.45) is 1.07. The van der Waals surface area contributed by atoms with Crippen LogP contribution in [0.15, 0.2) is 40.1 Å². The van der Waals surface area contributed by atoms with E-state index in [-0.39, 0.29) is 24.4 Å². The maximum atomic E-state index is 13.1. The predicted molar refractivity (Wildman–Crippen MR) is 108 cm³/mol. The van der Waals surface area contributed by atoms with E-state index in [9.17, 15) is 14.4 Å². The summed E-state index contributed by atoms with van der Waals surface area (Å²) >= 11 is 3.14. The zero-order chi connectivity index (χ0) is 19.9. The largest absolute Gasteiger partial charge is 0.325 e. The highest BCUT2D eigenvalue weighted by molar-refractivity contribution is 7.12. The fraction of sp³-hybridized carbons (Fsp3) is 0.368. The second-order valence-electron chi connectivity index (χ2n) is 7.00. The molecule has 28 heavy (non-hydrogen) atoms. The van der Waals surface area contributed by atoms with Gasteiger partial charge in [-0.05, 0) is 36.2 Å². The lowest BCUT2D eigenvalue weighted by Gasteiger charge is -2.23. The number of rotatable bonds is 5. The Morgan fingerprint density at radius 3 is 2.64 bits per heavy atom. The fourth-order valence-electron chi connectivity index (χ4n) is 3.37. The summed E-state index contributed by atoms with van der Waals surface area (Å²) in [5.74, 6) is -0.739. The Morgan fingerprint density at radius 2 is 2.04 bits per heavy atom. The molecule has 0 bridgehead atoms. The molecule has 2 aromatic rings. The number of thiophene rings is 2. The van der Waals surface area contributed by atoms with Crippen LogP contribution in [0, 0.1) is 0 Å². The molecular weight excluding hydrogens is 396 g/mol. The van der Waals surface area contributed by atoms with Crippen molar-refractivity contribution in [2.75, 3.05) is 6.54 Å². The van der Waals surface area contributed by atoms with Crippen molar-refractivity contribution in [3.63, 3.8) is 0 Å². The summed E-state index contributed by atoms with van der Waals surface area (Å²) in [4.78, 5) is 41.0. The molecule has 0 aliphatic carbocycles. The van der Waals surface area contributed by atoms with Gasteiger partial charge in [0.2, 0.25) is 0 Å². The van der Waals surface area contributed by atoms with Crippen LogP contribution < -0.4 is 5.32 Å². The maximum absolute atomic E-state index is 13.1. The monoisotopic (exact) mass is 416 g/mol. The molecule has 2 atom stereocenters. The molecule has 2 aliphatic heterocycles. The summed E-state index contributed by atoms with van der Waals surface area (Å²) in [7, 11) is 0. The fourth-order valence-corrected chi connectivity index (χ4v) is 4.91. The highest BCUT2D eigenvalue weighted by Crippen LogP contribution is 2.36. The molecule has 4 heterocycles. The van der Waals surface area contributed by atoms with Gasteiger partial charge in [-0.15, -0.1) is 22.7 Å². The van der Waals surface area contributed by atoms with Crippen LogP contribution in [0.1, 0.15) is 42.5 Å². The standard InChI is InChI=1S/C19H20N4O3S2/c1-3-19(2)17(25)22(18(26)20-19)11-16(24)23-13(15-7-5-9-28-15)10-12(21-23)14-6-4-8-27-14/h4-9,13H,3,10-11H2,1-2H3,(H,20,26)/t13-,19-/m1/s1. The summed E-state index contributed by atoms with van der Waals surface area (Å²) in [6, 6.07) is 7.10. The van der Waals surface area contributed by atoms with Crippen LogP contribution in [0.4, 0.5) is 4.79 Å². The molecule has 0 aromatic carbocycles. The molecule has 2 aliphatic rings. The lowest BCUT2D eigenvalue weighted by molar-refractivity contribution is -0.139. The molecule has 1 fully saturated rings. The molecule has 146 valence electrons. The van der Waals surface area contributed by atoms with Crippen molar-refractivity contribution in [3.8, 4) is 0 Å². The zero-order valence-electron chi connectivity index (χ0n) is 15.5. The lowest BCUT2D eigenvalue weighted by Crippen LogP contribution is -2.44. The van der Waals surface area contributed by atoms with Crippen molar-refractivity contribution in [1.29, 1.82) is 0 Å². The van der Waals surface area contributed by atoms with Gasteiger partial charge in [0.25, 0.3) is 11.8 Å². The molecule has 1 saturated heterocycles. The van der Waals surface area contributed by atoms with Crippen LogP contribution >= 0.6 is 22.7 Å². The molecular formula is C19H20N4O3S2. The van der Waals surface area contributed by atoms with E-state index in [4.69, 9.17) is 0 Å². The number of hydrazone groups is 1. The third-order valence-electron chi connectivity index (χ3n) is 5.19. The summed E-state index contributed by atoms with van der Waals surface area (Å²) in [5.41, 5.74) is -0.113. The van der Waals surface area contributed by atoms with E-state index in [1.807, 2.05) is 41.9 Å². The van der Waals surface area contributed by atoms with Gasteiger partial charge < -0.3 is 5.32 Å². The van der Waals surface area contributed by atoms with E-state index in [0.717, 1.165) is 20.4 Å². The summed E-state index contributed by atoms with van der Waals surface area (Å²) < 4.78 is 0. The molecule has 4 rings (SSSR count). The van der Waals surface area contributed by atoms with E-state index >= 15 is 0 Å². The molecule has 0 unspecified atom stereocenters. The summed E-state index contributed by atoms with van der Waals surface area (Å²) in [6.45, 7) is 3.19. The first-order valence-electron chi connectivity index (χ1n) is 9.04. The van der Waals surface area contributed by atoms with Crippen molar-refractivity contribution in [1.82, 2.24) is 15.2 Å². The van der Waals surface area contributed by atoms with Crippen LogP contribution in [-0.4, -0.2) is 45.5 Å². The van der Waals surface area contributed by atoms with Gasteiger partial charge in [-0.1, -0.05) is 19.1 Å². The Kier molecular flexibility index (Phi) is 4.80. The van der Waals surface area contributed by atoms with Crippen LogP contribution in [0.2, 0.25) is 0 Å². The molecule has 9 heteroatoms. The molecule has 4 amide bonds. The molecule has 0 saturated carbocycles. The Bertz CT molecular complexity index is 939. The number of carbonyl (C=O) groups excluding carboxylic acids is 3. The highest BCUT2D eigenvalue weighted by Gasteiger charge is 2.48. The first kappa shape index (κ1) is 18.8. The van der Waals surface area contributed by atoms with Gasteiger partial charge in [-0.3, -0.25) is 14.5 Å². The quantitative estimate of drug-likeness (QED) is 0.760. The normalized spacial score (nSPS) is 24.6. The predicted octanol–water partition coefficient (Wildman–Crippen LogP) is 3.21. The van der Waals surface area contributed by atoms with Gasteiger partial charge in [0, 0.05) is 11.3 Å². The van der Waals surface area contributed by atoms with Crippen LogP contribution in [0.5, 0.6) is 0 Å². The second-order valence-corrected chi connectivity index (χ2v) is 8.93. The van der Waals surface area contributed by atoms with Gasteiger partial charge in [-0.2, -0.15) is 5.10 Å². The first-order chi connectivity index (χ1) is 13.4. The Balaban J connectivity index is 1.59. The molecule has 2 aromatic heterocycles. The number of imide groups is 1. The third kappa shape index (κ3) is 3.14. The first-order valence-corrected chi connectivity index (χ1v) is 10.8. The zero-order valence-corrected chi connectivity index (χ0v) is 17.2. The number of nitrogens with zero attached hydrogens (tertiary/aromatic N) is 3. The van der Waals surface area contributed by atoms with Crippen LogP contribution in [0.25, 0.3) is 0 Å². The van der Waals surface area contributed by atoms with Crippen molar-refractivity contribution in [2.45, 2.75) is 38.3 Å². The van der Waals surface area contributed by atoms with Crippen LogP contribution in [-0.2, 0) is 9.59 Å². The smallest absolute Gasteiger partial charge is 0.323 e. The second kappa shape index (κ2) is 7.14. The highest BCUT2D eigenvalue weighted by atomic mass is 32.1. The summed E-state index contributed by atoms with van der Waals surface area (Å²) in [5, 5.41) is 12.6. The molecule has 1 N–H and O–H groups in total. The molecule has 0 spiro atoms. The van der Waals surface area contributed by atoms with Gasteiger partial charge >= 0.3 is 6.03 Å². The van der Waals surface area contributed by atoms with Gasteiger partial charge in [0.15, 0.2) is 0 Å². The third-order valence-corrected chi connectivity index (χ3v) is 7.08. The minimum atomic E-state index is -0.957. The molecule has 7 nitrogen and oxygen atoms in total. The average molecular weight is 417 g/mol. The SMILES string of the molecule is CC[C@@]1(C)NC(=O)N(CC(=O)N2N=C(c3cccs3)C[C@@H]2c2cccs2)C1=O. The number of urea groups is 1. The number of hydrogen-bond acceptors (Lipinski definition) is 6. The number of nitrogens with one attached hydrogen (secondary N) is 1. The van der Waals surface area contributed by atoms with E-state index < -0.39 is 11.6 Å². The Hall–Kier alpha value is -2.52. The number of carbonyl (C=O) groups is 3. The Labute approximate surface area is 170 Å². The topological polar surface area (TPSA) is 82.1 Å². The van der Waals surface area contributed by atoms with Gasteiger partial charge in [0.05, 0.1) is 16.6 Å². The van der Waals surface area contributed by atoms with Gasteiger partial charge in [-0.25, -0.2) is 9.80 Å². The van der Waals surface area contributed by atoms with Crippen molar-refractivity contribution >= 4 is 46.2 Å². The van der Waals surface area contributed by atoms with E-state index in [2.05, 4.69) is 10.4 Å². The van der Waals surface area contributed by atoms with Crippen LogP contribution in [0.3, 0.4) is 0 Å². The number of hydrogen-bond donors (Lipinski definition) is 1. The Morgan fingerprint density at radius 1 is 1.29 bits per heavy atom. The van der Waals surface area contributed by atoms with Crippen molar-refractivity contribution < 1.29 is 14.4 Å². The van der Waals surface area contributed by atoms with Crippen molar-refractivity contribution in [2.24, 2.45) is 5.10 Å². The molecule has 0 radical (unpaired) electrons. The minimum absolute atomic E-state index is 0.220. The number of amides is 4. The average Bonchev–Trinajstić information content (AvgIpc) is 3.45. The van der Waals surface area contributed by atoms with Crippen molar-refractivity contribution in [3.05, 3.63) is 44.8 Å². The van der Waals surface area contributed by atoms with Gasteiger partial charge in [0.1, 0.15) is 12.1 Å².